The summed E-state index contributed by atoms with van der Waals surface area (Å²) in [6.45, 7) is 21.7. The number of amidine groups is 1. The second-order valence-corrected chi connectivity index (χ2v) is 13.3. The quantitative estimate of drug-likeness (QED) is 0.102. The Morgan fingerprint density at radius 2 is 1.52 bits per heavy atom. The molecule has 0 amide bonds. The summed E-state index contributed by atoms with van der Waals surface area (Å²) in [5.74, 6) is 2.84. The van der Waals surface area contributed by atoms with Crippen molar-refractivity contribution in [3.8, 4) is 22.6 Å². The molecule has 0 saturated heterocycles. The van der Waals surface area contributed by atoms with E-state index in [0.717, 1.165) is 39.5 Å². The molecule has 0 bridgehead atoms. The van der Waals surface area contributed by atoms with E-state index in [1.165, 1.54) is 27.5 Å². The van der Waals surface area contributed by atoms with Crippen LogP contribution >= 0.6 is 0 Å². The van der Waals surface area contributed by atoms with Crippen LogP contribution in [-0.4, -0.2) is 22.9 Å². The summed E-state index contributed by atoms with van der Waals surface area (Å²) < 4.78 is 6.36. The normalized spacial score (nSPS) is 13.7. The SMILES string of the molecule is CC(C)N=C([N-]C(C)C)C(C)C.CC(C)c1cc(-c2[c-]ccc3c2C(C)(C)c2c-3oc3ccccc23)nc2ccccc12.[Ir]. The molecule has 233 valence electrons. The van der Waals surface area contributed by atoms with Gasteiger partial charge in [0.15, 0.2) is 0 Å². The van der Waals surface area contributed by atoms with E-state index < -0.39 is 0 Å². The molecule has 1 aliphatic carbocycles. The average molecular weight is 764 g/mol. The monoisotopic (exact) mass is 764 g/mol. The van der Waals surface area contributed by atoms with Crippen molar-refractivity contribution in [1.29, 1.82) is 0 Å². The summed E-state index contributed by atoms with van der Waals surface area (Å²) in [6.07, 6.45) is 0. The maximum absolute atomic E-state index is 6.36. The predicted octanol–water partition coefficient (Wildman–Crippen LogP) is 11.1. The van der Waals surface area contributed by atoms with E-state index in [1.54, 1.807) is 0 Å². The molecule has 3 aromatic carbocycles. The Morgan fingerprint density at radius 3 is 2.16 bits per heavy atom. The standard InChI is InChI=1S/C29H24NO.C10H21N2.Ir/c1-17(2)22-16-24(30-23-14-7-5-10-18(22)23)19-12-9-13-21-26(19)29(3,4)27-20-11-6-8-15-25(20)31-28(21)27;1-7(2)10(11-8(3)4)12-9(5)6;/h5-11,13-17H,1-4H3;7-9H,1-6H3;/q2*-1;. The van der Waals surface area contributed by atoms with E-state index in [9.17, 15) is 0 Å². The average Bonchev–Trinajstić information content (AvgIpc) is 3.45. The van der Waals surface area contributed by atoms with Crippen LogP contribution in [0.3, 0.4) is 0 Å². The van der Waals surface area contributed by atoms with Gasteiger partial charge in [-0.2, -0.15) is 0 Å². The second-order valence-electron chi connectivity index (χ2n) is 13.3. The minimum atomic E-state index is -0.199. The molecule has 5 aromatic rings. The Morgan fingerprint density at radius 1 is 0.864 bits per heavy atom. The number of aliphatic imine (C=N–C) groups is 1. The molecule has 0 atom stereocenters. The third kappa shape index (κ3) is 6.41. The van der Waals surface area contributed by atoms with Gasteiger partial charge in [0.25, 0.3) is 0 Å². The number of furan rings is 1. The first-order valence-corrected chi connectivity index (χ1v) is 15.7. The summed E-state index contributed by atoms with van der Waals surface area (Å²) in [6, 6.07) is 27.4. The van der Waals surface area contributed by atoms with Crippen molar-refractivity contribution in [2.24, 2.45) is 10.9 Å². The second kappa shape index (κ2) is 13.4. The van der Waals surface area contributed by atoms with Gasteiger partial charge in [-0.1, -0.05) is 123 Å². The number of hydrogen-bond acceptors (Lipinski definition) is 3. The zero-order chi connectivity index (χ0) is 31.1. The fraction of sp³-hybridized carbons (Fsp3) is 0.385. The summed E-state index contributed by atoms with van der Waals surface area (Å²) in [7, 11) is 0. The minimum Gasteiger partial charge on any atom is -0.466 e. The van der Waals surface area contributed by atoms with Crippen LogP contribution in [-0.2, 0) is 25.5 Å². The van der Waals surface area contributed by atoms with Gasteiger partial charge in [-0.3, -0.25) is 4.98 Å². The smallest absolute Gasteiger partial charge is 0.135 e. The van der Waals surface area contributed by atoms with Crippen molar-refractivity contribution >= 4 is 27.7 Å². The van der Waals surface area contributed by atoms with Gasteiger partial charge in [-0.05, 0) is 52.7 Å². The Balaban J connectivity index is 0.000000293. The summed E-state index contributed by atoms with van der Waals surface area (Å²) in [4.78, 5) is 9.55. The number of fused-ring (bicyclic) bond motifs is 6. The van der Waals surface area contributed by atoms with Gasteiger partial charge >= 0.3 is 0 Å². The van der Waals surface area contributed by atoms with Crippen LogP contribution in [0.15, 0.2) is 76.1 Å². The fourth-order valence-corrected chi connectivity index (χ4v) is 6.19. The van der Waals surface area contributed by atoms with Crippen LogP contribution in [0.4, 0.5) is 0 Å². The Bertz CT molecular complexity index is 1790. The number of hydrogen-bond donors (Lipinski definition) is 0. The third-order valence-corrected chi connectivity index (χ3v) is 8.01. The maximum atomic E-state index is 6.36. The number of nitrogens with zero attached hydrogens (tertiary/aromatic N) is 3. The van der Waals surface area contributed by atoms with E-state index in [4.69, 9.17) is 9.40 Å². The predicted molar refractivity (Wildman–Crippen MR) is 183 cm³/mol. The molecule has 1 radical (unpaired) electrons. The van der Waals surface area contributed by atoms with Crippen LogP contribution in [0.25, 0.3) is 49.8 Å². The van der Waals surface area contributed by atoms with Crippen molar-refractivity contribution in [1.82, 2.24) is 4.98 Å². The summed E-state index contributed by atoms with van der Waals surface area (Å²) in [5, 5.41) is 6.89. The van der Waals surface area contributed by atoms with E-state index in [0.29, 0.717) is 23.9 Å². The van der Waals surface area contributed by atoms with E-state index in [1.807, 2.05) is 12.1 Å². The Labute approximate surface area is 277 Å². The molecule has 2 aromatic heterocycles. The number of para-hydroxylation sites is 2. The van der Waals surface area contributed by atoms with Gasteiger partial charge in [0.2, 0.25) is 0 Å². The Hall–Kier alpha value is -3.27. The van der Waals surface area contributed by atoms with Gasteiger partial charge in [-0.25, -0.2) is 0 Å². The topological polar surface area (TPSA) is 52.5 Å². The van der Waals surface area contributed by atoms with E-state index >= 15 is 0 Å². The largest absolute Gasteiger partial charge is 0.466 e. The molecular weight excluding hydrogens is 719 g/mol. The van der Waals surface area contributed by atoms with Gasteiger partial charge < -0.3 is 14.7 Å². The molecule has 1 aliphatic rings. The van der Waals surface area contributed by atoms with Crippen LogP contribution in [0.2, 0.25) is 0 Å². The fourth-order valence-electron chi connectivity index (χ4n) is 6.19. The van der Waals surface area contributed by atoms with Crippen molar-refractivity contribution in [3.63, 3.8) is 0 Å². The molecule has 44 heavy (non-hydrogen) atoms. The van der Waals surface area contributed by atoms with Crippen LogP contribution in [0.5, 0.6) is 0 Å². The molecule has 0 N–H and O–H groups in total. The number of benzene rings is 3. The number of rotatable bonds is 5. The van der Waals surface area contributed by atoms with Crippen LogP contribution in [0, 0.1) is 12.0 Å². The van der Waals surface area contributed by atoms with Crippen molar-refractivity contribution in [2.45, 2.75) is 92.7 Å². The summed E-state index contributed by atoms with van der Waals surface area (Å²) in [5.41, 5.74) is 8.85. The zero-order valence-corrected chi connectivity index (χ0v) is 30.1. The van der Waals surface area contributed by atoms with Crippen molar-refractivity contribution in [2.75, 3.05) is 0 Å². The van der Waals surface area contributed by atoms with Crippen molar-refractivity contribution in [3.05, 3.63) is 94.8 Å². The van der Waals surface area contributed by atoms with Gasteiger partial charge in [0, 0.05) is 36.4 Å². The van der Waals surface area contributed by atoms with Gasteiger partial charge in [0.1, 0.15) is 11.3 Å². The van der Waals surface area contributed by atoms with E-state index in [-0.39, 0.29) is 25.5 Å². The first-order chi connectivity index (χ1) is 20.4. The molecule has 6 rings (SSSR count). The van der Waals surface area contributed by atoms with Crippen molar-refractivity contribution < 1.29 is 24.5 Å². The molecule has 4 nitrogen and oxygen atoms in total. The van der Waals surface area contributed by atoms with Crippen LogP contribution in [0.1, 0.15) is 91.8 Å². The molecular formula is C39H45IrN3O-2. The molecule has 0 saturated carbocycles. The molecule has 0 spiro atoms. The first kappa shape index (κ1) is 33.6. The third-order valence-electron chi connectivity index (χ3n) is 8.01. The molecule has 2 heterocycles. The van der Waals surface area contributed by atoms with Gasteiger partial charge in [0.05, 0.1) is 5.52 Å². The summed E-state index contributed by atoms with van der Waals surface area (Å²) >= 11 is 0. The first-order valence-electron chi connectivity index (χ1n) is 15.7. The van der Waals surface area contributed by atoms with Crippen LogP contribution < -0.4 is 0 Å². The molecule has 0 unspecified atom stereocenters. The number of aromatic nitrogens is 1. The van der Waals surface area contributed by atoms with E-state index in [2.05, 4.69) is 140 Å². The minimum absolute atomic E-state index is 0. The Kier molecular flexibility index (Phi) is 10.2. The molecule has 5 heteroatoms. The van der Waals surface area contributed by atoms with Gasteiger partial charge in [-0.15, -0.1) is 29.3 Å². The molecule has 0 aliphatic heterocycles. The maximum Gasteiger partial charge on any atom is 0.135 e. The number of pyridine rings is 1. The molecule has 0 fully saturated rings. The zero-order valence-electron chi connectivity index (χ0n) is 27.7.